The van der Waals surface area contributed by atoms with Gasteiger partial charge in [-0.2, -0.15) is 0 Å². The normalized spacial score (nSPS) is 16.9. The van der Waals surface area contributed by atoms with Crippen LogP contribution in [0, 0.1) is 9.49 Å². The Morgan fingerprint density at radius 3 is 2.67 bits per heavy atom. The van der Waals surface area contributed by atoms with Gasteiger partial charge < -0.3 is 4.90 Å². The predicted octanol–water partition coefficient (Wildman–Crippen LogP) is 4.30. The Labute approximate surface area is 138 Å². The zero-order chi connectivity index (χ0) is 13.1. The number of alkyl halides is 1. The number of benzene rings is 1. The number of nitrogens with zero attached hydrogens (tertiary/aromatic N) is 1. The average Bonchev–Trinajstić information content (AvgIpc) is 2.41. The Hall–Kier alpha value is 0.380. The third-order valence-corrected chi connectivity index (χ3v) is 5.56. The van der Waals surface area contributed by atoms with E-state index in [9.17, 15) is 4.79 Å². The van der Waals surface area contributed by atoms with Crippen molar-refractivity contribution in [2.75, 3.05) is 18.4 Å². The van der Waals surface area contributed by atoms with E-state index in [-0.39, 0.29) is 5.91 Å². The van der Waals surface area contributed by atoms with Crippen LogP contribution in [0.25, 0.3) is 0 Å². The monoisotopic (exact) mass is 485 g/mol. The molecule has 98 valence electrons. The third kappa shape index (κ3) is 3.48. The van der Waals surface area contributed by atoms with Crippen LogP contribution in [-0.4, -0.2) is 29.2 Å². The molecular weight excluding hydrogens is 473 g/mol. The van der Waals surface area contributed by atoms with Crippen molar-refractivity contribution in [2.24, 2.45) is 5.92 Å². The maximum atomic E-state index is 12.4. The molecule has 0 aliphatic carbocycles. The Morgan fingerprint density at radius 2 is 2.06 bits per heavy atom. The van der Waals surface area contributed by atoms with Crippen molar-refractivity contribution in [1.29, 1.82) is 0 Å². The first kappa shape index (κ1) is 14.8. The van der Waals surface area contributed by atoms with Gasteiger partial charge in [-0.25, -0.2) is 0 Å². The molecule has 1 saturated heterocycles. The van der Waals surface area contributed by atoms with Gasteiger partial charge in [0.15, 0.2) is 0 Å². The fraction of sp³-hybridized carbons (Fsp3) is 0.462. The van der Waals surface area contributed by atoms with E-state index in [2.05, 4.69) is 54.5 Å². The van der Waals surface area contributed by atoms with Gasteiger partial charge in [0.05, 0.1) is 5.56 Å². The second-order valence-electron chi connectivity index (χ2n) is 4.51. The van der Waals surface area contributed by atoms with Crippen LogP contribution in [-0.2, 0) is 0 Å². The molecule has 5 heteroatoms. The van der Waals surface area contributed by atoms with Gasteiger partial charge in [-0.15, -0.1) is 0 Å². The number of carbonyl (C=O) groups excluding carboxylic acids is 1. The molecule has 18 heavy (non-hydrogen) atoms. The van der Waals surface area contributed by atoms with Crippen molar-refractivity contribution in [3.05, 3.63) is 31.8 Å². The van der Waals surface area contributed by atoms with Crippen LogP contribution in [0.5, 0.6) is 0 Å². The molecule has 1 aliphatic heterocycles. The van der Waals surface area contributed by atoms with Crippen molar-refractivity contribution >= 4 is 60.4 Å². The molecule has 1 fully saturated rings. The summed E-state index contributed by atoms with van der Waals surface area (Å²) in [6.45, 7) is 1.74. The van der Waals surface area contributed by atoms with Crippen LogP contribution in [0.15, 0.2) is 22.7 Å². The van der Waals surface area contributed by atoms with E-state index in [1.165, 1.54) is 0 Å². The second-order valence-corrected chi connectivity index (χ2v) is 7.26. The second kappa shape index (κ2) is 6.70. The van der Waals surface area contributed by atoms with Gasteiger partial charge in [0.1, 0.15) is 0 Å². The highest BCUT2D eigenvalue weighted by Crippen LogP contribution is 2.24. The third-order valence-electron chi connectivity index (χ3n) is 3.28. The van der Waals surface area contributed by atoms with Gasteiger partial charge in [0.2, 0.25) is 0 Å². The number of hydrogen-bond donors (Lipinski definition) is 0. The van der Waals surface area contributed by atoms with E-state index in [0.717, 1.165) is 44.9 Å². The summed E-state index contributed by atoms with van der Waals surface area (Å²) < 4.78 is 1.98. The van der Waals surface area contributed by atoms with E-state index in [0.29, 0.717) is 5.92 Å². The van der Waals surface area contributed by atoms with Crippen LogP contribution in [0.2, 0.25) is 0 Å². The minimum Gasteiger partial charge on any atom is -0.339 e. The minimum atomic E-state index is 0.147. The highest BCUT2D eigenvalue weighted by molar-refractivity contribution is 14.1. The van der Waals surface area contributed by atoms with E-state index < -0.39 is 0 Å². The molecule has 1 aliphatic rings. The molecule has 0 unspecified atom stereocenters. The van der Waals surface area contributed by atoms with Crippen LogP contribution >= 0.6 is 54.5 Å². The zero-order valence-corrected chi connectivity index (χ0v) is 15.2. The molecule has 0 aromatic heterocycles. The topological polar surface area (TPSA) is 20.3 Å². The van der Waals surface area contributed by atoms with Gasteiger partial charge in [0, 0.05) is 26.5 Å². The molecule has 0 atom stereocenters. The number of amides is 1. The Morgan fingerprint density at radius 1 is 1.39 bits per heavy atom. The van der Waals surface area contributed by atoms with Gasteiger partial charge in [-0.3, -0.25) is 4.79 Å². The van der Waals surface area contributed by atoms with Crippen LogP contribution < -0.4 is 0 Å². The highest BCUT2D eigenvalue weighted by atomic mass is 127. The van der Waals surface area contributed by atoms with Crippen molar-refractivity contribution < 1.29 is 4.79 Å². The number of rotatable bonds is 2. The van der Waals surface area contributed by atoms with E-state index >= 15 is 0 Å². The SMILES string of the molecule is O=C(c1cc(I)ccc1Br)N1CCC(CBr)CC1. The Kier molecular flexibility index (Phi) is 5.50. The Bertz CT molecular complexity index is 445. The highest BCUT2D eigenvalue weighted by Gasteiger charge is 2.24. The molecule has 0 saturated carbocycles. The number of hydrogen-bond acceptors (Lipinski definition) is 1. The van der Waals surface area contributed by atoms with Crippen LogP contribution in [0.4, 0.5) is 0 Å². The number of likely N-dealkylation sites (tertiary alicyclic amines) is 1. The quantitative estimate of drug-likeness (QED) is 0.451. The van der Waals surface area contributed by atoms with Crippen molar-refractivity contribution in [3.63, 3.8) is 0 Å². The lowest BCUT2D eigenvalue weighted by molar-refractivity contribution is 0.0698. The van der Waals surface area contributed by atoms with E-state index in [4.69, 9.17) is 0 Å². The largest absolute Gasteiger partial charge is 0.339 e. The lowest BCUT2D eigenvalue weighted by atomic mass is 9.98. The molecule has 1 heterocycles. The summed E-state index contributed by atoms with van der Waals surface area (Å²) in [7, 11) is 0. The summed E-state index contributed by atoms with van der Waals surface area (Å²) in [5.41, 5.74) is 0.777. The Balaban J connectivity index is 2.10. The summed E-state index contributed by atoms with van der Waals surface area (Å²) in [5, 5.41) is 1.04. The summed E-state index contributed by atoms with van der Waals surface area (Å²) in [4.78, 5) is 14.4. The fourth-order valence-electron chi connectivity index (χ4n) is 2.12. The van der Waals surface area contributed by atoms with Crippen molar-refractivity contribution in [1.82, 2.24) is 4.90 Å². The molecule has 0 bridgehead atoms. The van der Waals surface area contributed by atoms with Gasteiger partial charge in [0.25, 0.3) is 5.91 Å². The molecule has 0 N–H and O–H groups in total. The molecule has 2 rings (SSSR count). The summed E-state index contributed by atoms with van der Waals surface area (Å²) >= 11 is 9.22. The standard InChI is InChI=1S/C13H14Br2INO/c14-8-9-3-5-17(6-4-9)13(18)11-7-10(16)1-2-12(11)15/h1-2,7,9H,3-6,8H2. The molecule has 1 aromatic rings. The summed E-state index contributed by atoms with van der Waals surface area (Å²) in [6, 6.07) is 5.89. The molecule has 0 radical (unpaired) electrons. The summed E-state index contributed by atoms with van der Waals surface area (Å²) in [6.07, 6.45) is 2.19. The first-order valence-electron chi connectivity index (χ1n) is 5.92. The molecule has 2 nitrogen and oxygen atoms in total. The zero-order valence-electron chi connectivity index (χ0n) is 9.83. The van der Waals surface area contributed by atoms with Gasteiger partial charge in [-0.1, -0.05) is 15.9 Å². The van der Waals surface area contributed by atoms with Crippen molar-refractivity contribution in [3.8, 4) is 0 Å². The lowest BCUT2D eigenvalue weighted by Gasteiger charge is -2.31. The lowest BCUT2D eigenvalue weighted by Crippen LogP contribution is -2.39. The number of carbonyl (C=O) groups is 1. The molecule has 1 amide bonds. The van der Waals surface area contributed by atoms with Crippen LogP contribution in [0.1, 0.15) is 23.2 Å². The number of piperidine rings is 1. The van der Waals surface area contributed by atoms with Crippen molar-refractivity contribution in [2.45, 2.75) is 12.8 Å². The van der Waals surface area contributed by atoms with Crippen LogP contribution in [0.3, 0.4) is 0 Å². The molecule has 0 spiro atoms. The van der Waals surface area contributed by atoms with E-state index in [1.807, 2.05) is 23.1 Å². The molecular formula is C13H14Br2INO. The summed E-state index contributed by atoms with van der Waals surface area (Å²) in [5.74, 6) is 0.863. The first-order chi connectivity index (χ1) is 8.61. The average molecular weight is 487 g/mol. The smallest absolute Gasteiger partial charge is 0.255 e. The maximum absolute atomic E-state index is 12.4. The minimum absolute atomic E-state index is 0.147. The fourth-order valence-corrected chi connectivity index (χ4v) is 3.68. The first-order valence-corrected chi connectivity index (χ1v) is 8.91. The predicted molar refractivity (Wildman–Crippen MR) is 89.3 cm³/mol. The number of halogens is 3. The maximum Gasteiger partial charge on any atom is 0.255 e. The molecule has 1 aromatic carbocycles. The van der Waals surface area contributed by atoms with Gasteiger partial charge >= 0.3 is 0 Å². The van der Waals surface area contributed by atoms with E-state index in [1.54, 1.807) is 0 Å². The van der Waals surface area contributed by atoms with Gasteiger partial charge in [-0.05, 0) is 75.5 Å².